The number of hydrogen-bond donors (Lipinski definition) is 0. The van der Waals surface area contributed by atoms with Crippen LogP contribution in [0.2, 0.25) is 0 Å². The molecular formula is C21H20F3I2NO3. The first-order chi connectivity index (χ1) is 14.1. The predicted molar refractivity (Wildman–Crippen MR) is 124 cm³/mol. The number of carbonyl (C=O) groups is 1. The number of fused-ring (bicyclic) bond motifs is 1. The molecule has 162 valence electrons. The van der Waals surface area contributed by atoms with Crippen molar-refractivity contribution in [2.45, 2.75) is 32.0 Å². The van der Waals surface area contributed by atoms with E-state index in [4.69, 9.17) is 9.47 Å². The van der Waals surface area contributed by atoms with Gasteiger partial charge in [-0.3, -0.25) is 4.79 Å². The molecule has 0 aliphatic carbocycles. The van der Waals surface area contributed by atoms with Gasteiger partial charge in [0, 0.05) is 13.7 Å². The molecule has 1 atom stereocenters. The number of rotatable bonds is 4. The first-order valence-corrected chi connectivity index (χ1v) is 11.3. The summed E-state index contributed by atoms with van der Waals surface area (Å²) in [4.78, 5) is 13.2. The third-order valence-electron chi connectivity index (χ3n) is 5.28. The summed E-state index contributed by atoms with van der Waals surface area (Å²) in [6.45, 7) is 1.99. The molecule has 1 heterocycles. The van der Waals surface area contributed by atoms with Gasteiger partial charge >= 0.3 is 12.1 Å². The fourth-order valence-electron chi connectivity index (χ4n) is 3.69. The number of nitrogens with zero attached hydrogens (tertiary/aromatic N) is 1. The van der Waals surface area contributed by atoms with Crippen LogP contribution in [0.5, 0.6) is 11.5 Å². The number of benzene rings is 2. The van der Waals surface area contributed by atoms with Crippen LogP contribution < -0.4 is 9.47 Å². The Hall–Kier alpha value is -1.24. The predicted octanol–water partition coefficient (Wildman–Crippen LogP) is 5.45. The van der Waals surface area contributed by atoms with Crippen molar-refractivity contribution in [1.82, 2.24) is 4.90 Å². The zero-order valence-electron chi connectivity index (χ0n) is 16.6. The lowest BCUT2D eigenvalue weighted by molar-refractivity contribution is -0.188. The minimum atomic E-state index is -4.93. The van der Waals surface area contributed by atoms with Gasteiger partial charge in [0.05, 0.1) is 20.3 Å². The molecule has 2 aromatic rings. The van der Waals surface area contributed by atoms with Crippen LogP contribution in [0, 0.1) is 14.1 Å². The molecule has 2 aromatic carbocycles. The molecule has 0 saturated carbocycles. The molecular weight excluding hydrogens is 625 g/mol. The average Bonchev–Trinajstić information content (AvgIpc) is 2.69. The van der Waals surface area contributed by atoms with Gasteiger partial charge < -0.3 is 14.4 Å². The minimum Gasteiger partial charge on any atom is -0.493 e. The van der Waals surface area contributed by atoms with E-state index in [9.17, 15) is 18.0 Å². The fourth-order valence-corrected chi connectivity index (χ4v) is 5.59. The third-order valence-corrected chi connectivity index (χ3v) is 7.52. The Kier molecular flexibility index (Phi) is 7.10. The molecule has 0 saturated heterocycles. The molecule has 1 amide bonds. The van der Waals surface area contributed by atoms with Crippen molar-refractivity contribution in [3.63, 3.8) is 0 Å². The number of ether oxygens (including phenoxy) is 2. The highest BCUT2D eigenvalue weighted by molar-refractivity contribution is 14.1. The van der Waals surface area contributed by atoms with Crippen LogP contribution in [0.4, 0.5) is 13.2 Å². The summed E-state index contributed by atoms with van der Waals surface area (Å²) in [7, 11) is 2.99. The van der Waals surface area contributed by atoms with Crippen molar-refractivity contribution in [2.24, 2.45) is 0 Å². The van der Waals surface area contributed by atoms with Crippen LogP contribution in [0.25, 0.3) is 0 Å². The van der Waals surface area contributed by atoms with Gasteiger partial charge in [-0.15, -0.1) is 0 Å². The van der Waals surface area contributed by atoms with Crippen molar-refractivity contribution < 1.29 is 27.4 Å². The Morgan fingerprint density at radius 3 is 2.20 bits per heavy atom. The number of hydrogen-bond acceptors (Lipinski definition) is 3. The van der Waals surface area contributed by atoms with E-state index in [1.165, 1.54) is 14.2 Å². The highest BCUT2D eigenvalue weighted by Crippen LogP contribution is 2.41. The second-order valence-electron chi connectivity index (χ2n) is 7.06. The summed E-state index contributed by atoms with van der Waals surface area (Å²) in [5.41, 5.74) is 3.52. The summed E-state index contributed by atoms with van der Waals surface area (Å²) >= 11 is 4.44. The summed E-state index contributed by atoms with van der Waals surface area (Å²) in [6.07, 6.45) is -4.34. The van der Waals surface area contributed by atoms with Crippen LogP contribution in [0.1, 0.15) is 28.3 Å². The maximum absolute atomic E-state index is 13.3. The summed E-state index contributed by atoms with van der Waals surface area (Å²) in [6, 6.07) is 6.65. The second kappa shape index (κ2) is 9.09. The zero-order valence-corrected chi connectivity index (χ0v) is 20.9. The molecule has 0 fully saturated rings. The van der Waals surface area contributed by atoms with Crippen molar-refractivity contribution >= 4 is 51.1 Å². The third kappa shape index (κ3) is 4.66. The lowest BCUT2D eigenvalue weighted by Gasteiger charge is -2.38. The highest BCUT2D eigenvalue weighted by Gasteiger charge is 2.46. The maximum atomic E-state index is 13.3. The van der Waals surface area contributed by atoms with E-state index in [0.29, 0.717) is 23.5 Å². The van der Waals surface area contributed by atoms with E-state index in [0.717, 1.165) is 28.7 Å². The van der Waals surface area contributed by atoms with Gasteiger partial charge in [-0.1, -0.05) is 0 Å². The van der Waals surface area contributed by atoms with Crippen LogP contribution in [-0.2, 0) is 17.6 Å². The summed E-state index contributed by atoms with van der Waals surface area (Å²) in [5, 5.41) is 0. The molecule has 30 heavy (non-hydrogen) atoms. The Balaban J connectivity index is 2.11. The van der Waals surface area contributed by atoms with Gasteiger partial charge in [-0.25, -0.2) is 0 Å². The van der Waals surface area contributed by atoms with E-state index in [2.05, 4.69) is 45.2 Å². The standard InChI is InChI=1S/C21H20F3I2NO3/c1-11-15(25)6-12(7-16(11)26)8-17-14-10-19(30-3)18(29-2)9-13(14)4-5-27(17)20(28)21(22,23)24/h6-7,9-10,17H,4-5,8H2,1-3H3. The number of methoxy groups -OCH3 is 2. The molecule has 0 N–H and O–H groups in total. The van der Waals surface area contributed by atoms with E-state index < -0.39 is 18.1 Å². The van der Waals surface area contributed by atoms with Crippen molar-refractivity contribution in [2.75, 3.05) is 20.8 Å². The Bertz CT molecular complexity index is 956. The first kappa shape index (κ1) is 23.4. The molecule has 1 aliphatic heterocycles. The van der Waals surface area contributed by atoms with Crippen molar-refractivity contribution in [3.8, 4) is 11.5 Å². The lowest BCUT2D eigenvalue weighted by Crippen LogP contribution is -2.47. The minimum absolute atomic E-state index is 0.00839. The number of amides is 1. The number of carbonyl (C=O) groups excluding carboxylic acids is 1. The number of halogens is 5. The maximum Gasteiger partial charge on any atom is 0.471 e. The smallest absolute Gasteiger partial charge is 0.471 e. The molecule has 1 aliphatic rings. The molecule has 0 bridgehead atoms. The molecule has 9 heteroatoms. The second-order valence-corrected chi connectivity index (χ2v) is 9.38. The van der Waals surface area contributed by atoms with Crippen LogP contribution in [-0.4, -0.2) is 37.7 Å². The summed E-state index contributed by atoms with van der Waals surface area (Å²) in [5.74, 6) is -0.870. The molecule has 0 radical (unpaired) electrons. The topological polar surface area (TPSA) is 38.8 Å². The van der Waals surface area contributed by atoms with E-state index in [1.807, 2.05) is 19.1 Å². The zero-order chi connectivity index (χ0) is 22.2. The Labute approximate surface area is 200 Å². The highest BCUT2D eigenvalue weighted by atomic mass is 127. The number of alkyl halides is 3. The van der Waals surface area contributed by atoms with Gasteiger partial charge in [0.1, 0.15) is 0 Å². The molecule has 4 nitrogen and oxygen atoms in total. The van der Waals surface area contributed by atoms with Crippen molar-refractivity contribution in [3.05, 3.63) is 53.7 Å². The van der Waals surface area contributed by atoms with E-state index in [-0.39, 0.29) is 13.0 Å². The lowest BCUT2D eigenvalue weighted by atomic mass is 9.88. The largest absolute Gasteiger partial charge is 0.493 e. The SMILES string of the molecule is COc1cc2c(cc1OC)C(Cc1cc(I)c(C)c(I)c1)N(C(=O)C(F)(F)F)CC2. The molecule has 0 aromatic heterocycles. The Morgan fingerprint density at radius 2 is 1.67 bits per heavy atom. The average molecular weight is 645 g/mol. The first-order valence-electron chi connectivity index (χ1n) is 9.14. The van der Waals surface area contributed by atoms with Crippen LogP contribution >= 0.6 is 45.2 Å². The molecule has 0 spiro atoms. The van der Waals surface area contributed by atoms with E-state index >= 15 is 0 Å². The quantitative estimate of drug-likeness (QED) is 0.416. The fraction of sp³-hybridized carbons (Fsp3) is 0.381. The van der Waals surface area contributed by atoms with Gasteiger partial charge in [-0.05, 0) is 111 Å². The molecule has 1 unspecified atom stereocenters. The normalized spacial score (nSPS) is 16.3. The van der Waals surface area contributed by atoms with Gasteiger partial charge in [0.15, 0.2) is 11.5 Å². The van der Waals surface area contributed by atoms with Crippen molar-refractivity contribution in [1.29, 1.82) is 0 Å². The van der Waals surface area contributed by atoms with Gasteiger partial charge in [-0.2, -0.15) is 13.2 Å². The monoisotopic (exact) mass is 645 g/mol. The van der Waals surface area contributed by atoms with Crippen LogP contribution in [0.3, 0.4) is 0 Å². The molecule has 3 rings (SSSR count). The van der Waals surface area contributed by atoms with Gasteiger partial charge in [0.25, 0.3) is 0 Å². The summed E-state index contributed by atoms with van der Waals surface area (Å²) < 4.78 is 52.8. The van der Waals surface area contributed by atoms with Crippen LogP contribution in [0.15, 0.2) is 24.3 Å². The Morgan fingerprint density at radius 1 is 1.10 bits per heavy atom. The van der Waals surface area contributed by atoms with E-state index in [1.54, 1.807) is 12.1 Å². The van der Waals surface area contributed by atoms with Gasteiger partial charge in [0.2, 0.25) is 0 Å².